The Morgan fingerprint density at radius 3 is 2.38 bits per heavy atom. The van der Waals surface area contributed by atoms with Crippen molar-refractivity contribution in [2.75, 3.05) is 24.7 Å². The number of sulfonamides is 1. The molecule has 0 atom stereocenters. The second-order valence-corrected chi connectivity index (χ2v) is 10.7. The van der Waals surface area contributed by atoms with E-state index in [1.165, 1.54) is 32.5 Å². The van der Waals surface area contributed by atoms with Crippen LogP contribution in [0.2, 0.25) is 0 Å². The second-order valence-electron chi connectivity index (χ2n) is 9.01. The Balaban J connectivity index is 1.55. The quantitative estimate of drug-likeness (QED) is 0.217. The van der Waals surface area contributed by atoms with Crippen molar-refractivity contribution in [2.24, 2.45) is 0 Å². The van der Waals surface area contributed by atoms with Gasteiger partial charge >= 0.3 is 5.97 Å². The van der Waals surface area contributed by atoms with E-state index in [4.69, 9.17) is 15.2 Å². The molecule has 13 heteroatoms. The van der Waals surface area contributed by atoms with E-state index in [-0.39, 0.29) is 28.7 Å². The topological polar surface area (TPSA) is 154 Å². The molecule has 0 unspecified atom stereocenters. The highest BCUT2D eigenvalue weighted by Gasteiger charge is 2.22. The van der Waals surface area contributed by atoms with Crippen LogP contribution in [0.4, 0.5) is 20.3 Å². The number of anilines is 2. The molecule has 214 valence electrons. The number of aromatic carboxylic acids is 1. The molecule has 0 saturated carbocycles. The number of ether oxygens (including phenoxy) is 2. The summed E-state index contributed by atoms with van der Waals surface area (Å²) in [6, 6.07) is 15.2. The lowest BCUT2D eigenvalue weighted by Crippen LogP contribution is -2.15. The number of nitrogens with one attached hydrogen (secondary N) is 1. The van der Waals surface area contributed by atoms with Gasteiger partial charge in [-0.3, -0.25) is 4.72 Å². The highest BCUT2D eigenvalue weighted by molar-refractivity contribution is 7.92. The number of nitrogens with two attached hydrogens (primary N) is 1. The Hall–Kier alpha value is -5.30. The molecule has 4 N–H and O–H groups in total. The van der Waals surface area contributed by atoms with Gasteiger partial charge in [-0.2, -0.15) is 0 Å². The number of carboxylic acid groups (broad SMARTS) is 1. The zero-order chi connectivity index (χ0) is 30.2. The third-order valence-corrected chi connectivity index (χ3v) is 7.79. The molecule has 0 spiro atoms. The van der Waals surface area contributed by atoms with Crippen LogP contribution in [0.5, 0.6) is 11.6 Å². The number of nitrogen functional groups attached to an aromatic ring is 1. The molecule has 2 heterocycles. The minimum absolute atomic E-state index is 0.00328. The molecule has 0 bridgehead atoms. The molecular formula is C29H22F2N4O6S. The van der Waals surface area contributed by atoms with Gasteiger partial charge in [0.25, 0.3) is 10.0 Å². The van der Waals surface area contributed by atoms with Crippen LogP contribution in [0.3, 0.4) is 0 Å². The average Bonchev–Trinajstić information content (AvgIpc) is 2.95. The molecular weight excluding hydrogens is 570 g/mol. The number of carboxylic acids is 1. The summed E-state index contributed by atoms with van der Waals surface area (Å²) in [6.07, 6.45) is 1.47. The molecule has 10 nitrogen and oxygen atoms in total. The Labute approximate surface area is 238 Å². The van der Waals surface area contributed by atoms with Crippen molar-refractivity contribution < 1.29 is 36.6 Å². The van der Waals surface area contributed by atoms with Gasteiger partial charge in [0.05, 0.1) is 19.7 Å². The lowest BCUT2D eigenvalue weighted by molar-refractivity contribution is 0.0693. The predicted octanol–water partition coefficient (Wildman–Crippen LogP) is 5.34. The van der Waals surface area contributed by atoms with Crippen LogP contribution in [-0.4, -0.2) is 43.7 Å². The fourth-order valence-electron chi connectivity index (χ4n) is 4.38. The van der Waals surface area contributed by atoms with Gasteiger partial charge in [-0.25, -0.2) is 32.0 Å². The van der Waals surface area contributed by atoms with Crippen LogP contribution >= 0.6 is 0 Å². The Morgan fingerprint density at radius 1 is 0.929 bits per heavy atom. The van der Waals surface area contributed by atoms with Gasteiger partial charge in [0, 0.05) is 28.8 Å². The van der Waals surface area contributed by atoms with Crippen molar-refractivity contribution in [1.29, 1.82) is 0 Å². The van der Waals surface area contributed by atoms with Crippen molar-refractivity contribution in [3.63, 3.8) is 0 Å². The molecule has 0 saturated heterocycles. The Kier molecular flexibility index (Phi) is 7.35. The number of rotatable bonds is 8. The molecule has 0 amide bonds. The van der Waals surface area contributed by atoms with Crippen molar-refractivity contribution in [1.82, 2.24) is 9.97 Å². The van der Waals surface area contributed by atoms with E-state index in [0.717, 1.165) is 12.1 Å². The first kappa shape index (κ1) is 28.2. The number of halogens is 2. The van der Waals surface area contributed by atoms with Gasteiger partial charge < -0.3 is 20.3 Å². The summed E-state index contributed by atoms with van der Waals surface area (Å²) >= 11 is 0. The number of methoxy groups -OCH3 is 2. The molecule has 5 rings (SSSR count). The van der Waals surface area contributed by atoms with E-state index in [0.29, 0.717) is 39.2 Å². The summed E-state index contributed by atoms with van der Waals surface area (Å²) in [6.45, 7) is 0. The Bertz CT molecular complexity index is 1990. The summed E-state index contributed by atoms with van der Waals surface area (Å²) in [5, 5.41) is 10.1. The number of hydrogen-bond acceptors (Lipinski definition) is 8. The number of pyridine rings is 2. The predicted molar refractivity (Wildman–Crippen MR) is 152 cm³/mol. The smallest absolute Gasteiger partial charge is 0.339 e. The van der Waals surface area contributed by atoms with Gasteiger partial charge in [-0.1, -0.05) is 12.1 Å². The highest BCUT2D eigenvalue weighted by atomic mass is 32.2. The van der Waals surface area contributed by atoms with E-state index in [1.807, 2.05) is 0 Å². The maximum Gasteiger partial charge on any atom is 0.339 e. The maximum atomic E-state index is 14.3. The summed E-state index contributed by atoms with van der Waals surface area (Å²) in [5.41, 5.74) is 8.97. The van der Waals surface area contributed by atoms with E-state index in [2.05, 4.69) is 14.7 Å². The minimum atomic E-state index is -4.46. The summed E-state index contributed by atoms with van der Waals surface area (Å²) in [5.74, 6) is -2.99. The summed E-state index contributed by atoms with van der Waals surface area (Å²) < 4.78 is 66.1. The fourth-order valence-corrected chi connectivity index (χ4v) is 5.48. The van der Waals surface area contributed by atoms with E-state index >= 15 is 0 Å². The summed E-state index contributed by atoms with van der Waals surface area (Å²) in [4.78, 5) is 19.4. The molecule has 5 aromatic rings. The van der Waals surface area contributed by atoms with Gasteiger partial charge in [0.15, 0.2) is 0 Å². The average molecular weight is 593 g/mol. The molecule has 0 fully saturated rings. The van der Waals surface area contributed by atoms with E-state index in [9.17, 15) is 27.1 Å². The van der Waals surface area contributed by atoms with Crippen LogP contribution in [0, 0.1) is 11.6 Å². The first-order chi connectivity index (χ1) is 20.0. The third-order valence-electron chi connectivity index (χ3n) is 6.39. The highest BCUT2D eigenvalue weighted by Crippen LogP contribution is 2.35. The molecule has 0 aliphatic carbocycles. The van der Waals surface area contributed by atoms with Crippen molar-refractivity contribution in [3.8, 4) is 33.9 Å². The van der Waals surface area contributed by atoms with Crippen LogP contribution < -0.4 is 19.9 Å². The number of nitrogens with zero attached hydrogens (tertiary/aromatic N) is 2. The molecule has 3 aromatic carbocycles. The molecule has 0 radical (unpaired) electrons. The number of benzene rings is 3. The number of carbonyl (C=O) groups is 1. The number of fused-ring (bicyclic) bond motifs is 1. The van der Waals surface area contributed by atoms with Crippen molar-refractivity contribution >= 4 is 38.4 Å². The van der Waals surface area contributed by atoms with Gasteiger partial charge in [-0.15, -0.1) is 0 Å². The van der Waals surface area contributed by atoms with Gasteiger partial charge in [0.2, 0.25) is 5.88 Å². The zero-order valence-corrected chi connectivity index (χ0v) is 22.9. The molecule has 0 aliphatic rings. The fraction of sp³-hybridized carbons (Fsp3) is 0.0690. The van der Waals surface area contributed by atoms with Crippen LogP contribution in [0.1, 0.15) is 10.4 Å². The lowest BCUT2D eigenvalue weighted by Gasteiger charge is -2.14. The van der Waals surface area contributed by atoms with Gasteiger partial charge in [0.1, 0.15) is 39.3 Å². The molecule has 2 aromatic heterocycles. The zero-order valence-electron chi connectivity index (χ0n) is 22.1. The van der Waals surface area contributed by atoms with E-state index < -0.39 is 32.5 Å². The van der Waals surface area contributed by atoms with Crippen molar-refractivity contribution in [3.05, 3.63) is 90.1 Å². The standard InChI is InChI=1S/C29H22F2N4O6S/c1-40-25-12-16(3-6-20(25)29(36)37)21-10-17-9-15(4-7-23(17)34-27(21)32)18-11-24(28(41-2)33-14-18)35-42(38,39)26-8-5-19(30)13-22(26)31/h3-14,35H,1-2H3,(H2,32,34)(H,36,37). The normalized spacial score (nSPS) is 11.3. The molecule has 0 aliphatic heterocycles. The van der Waals surface area contributed by atoms with Crippen LogP contribution in [-0.2, 0) is 10.0 Å². The van der Waals surface area contributed by atoms with Crippen molar-refractivity contribution in [2.45, 2.75) is 4.90 Å². The van der Waals surface area contributed by atoms with Crippen LogP contribution in [0.25, 0.3) is 33.2 Å². The van der Waals surface area contributed by atoms with Crippen LogP contribution in [0.15, 0.2) is 77.8 Å². The largest absolute Gasteiger partial charge is 0.496 e. The summed E-state index contributed by atoms with van der Waals surface area (Å²) in [7, 11) is -1.80. The minimum Gasteiger partial charge on any atom is -0.496 e. The number of hydrogen-bond donors (Lipinski definition) is 3. The Morgan fingerprint density at radius 2 is 1.69 bits per heavy atom. The first-order valence-electron chi connectivity index (χ1n) is 12.1. The molecule has 42 heavy (non-hydrogen) atoms. The first-order valence-corrected chi connectivity index (χ1v) is 13.6. The SMILES string of the molecule is COc1cc(-c2cc3cc(-c4cnc(OC)c(NS(=O)(=O)c5ccc(F)cc5F)c4)ccc3nc2N)ccc1C(=O)O. The monoisotopic (exact) mass is 592 g/mol. The lowest BCUT2D eigenvalue weighted by atomic mass is 9.99. The van der Waals surface area contributed by atoms with E-state index in [1.54, 1.807) is 36.4 Å². The second kappa shape index (κ2) is 10.9. The van der Waals surface area contributed by atoms with Gasteiger partial charge in [-0.05, 0) is 59.7 Å². The number of aromatic nitrogens is 2. The third kappa shape index (κ3) is 5.37. The maximum absolute atomic E-state index is 14.3.